The zero-order chi connectivity index (χ0) is 20.2. The van der Waals surface area contributed by atoms with E-state index in [4.69, 9.17) is 4.74 Å². The third-order valence-electron chi connectivity index (χ3n) is 5.16. The van der Waals surface area contributed by atoms with E-state index in [9.17, 15) is 4.79 Å². The SMILES string of the molecule is CC(C)C(C(=O)OCn1ccc(Cc2ccccc2)c1)c1scc2ccccc12. The molecule has 0 N–H and O–H groups in total. The van der Waals surface area contributed by atoms with Crippen LogP contribution in [-0.2, 0) is 22.7 Å². The molecule has 0 fully saturated rings. The number of carbonyl (C=O) groups is 1. The Kier molecular flexibility index (Phi) is 5.81. The predicted molar refractivity (Wildman–Crippen MR) is 119 cm³/mol. The Bertz CT molecular complexity index is 1090. The summed E-state index contributed by atoms with van der Waals surface area (Å²) in [7, 11) is 0. The second-order valence-corrected chi connectivity index (χ2v) is 8.61. The summed E-state index contributed by atoms with van der Waals surface area (Å²) in [6.07, 6.45) is 4.89. The van der Waals surface area contributed by atoms with Crippen molar-refractivity contribution in [1.82, 2.24) is 4.57 Å². The van der Waals surface area contributed by atoms with Gasteiger partial charge in [0, 0.05) is 17.3 Å². The number of thiophene rings is 1. The third kappa shape index (κ3) is 4.43. The van der Waals surface area contributed by atoms with Crippen molar-refractivity contribution in [2.45, 2.75) is 32.9 Å². The number of carbonyl (C=O) groups excluding carboxylic acids is 1. The predicted octanol–water partition coefficient (Wildman–Crippen LogP) is 6.23. The van der Waals surface area contributed by atoms with Gasteiger partial charge in [0.15, 0.2) is 6.73 Å². The van der Waals surface area contributed by atoms with Crippen LogP contribution in [0.4, 0.5) is 0 Å². The van der Waals surface area contributed by atoms with Crippen molar-refractivity contribution in [3.05, 3.63) is 94.4 Å². The van der Waals surface area contributed by atoms with Crippen molar-refractivity contribution in [2.75, 3.05) is 0 Å². The lowest BCUT2D eigenvalue weighted by atomic mass is 9.92. The molecule has 148 valence electrons. The van der Waals surface area contributed by atoms with E-state index in [-0.39, 0.29) is 24.5 Å². The Balaban J connectivity index is 1.44. The maximum absolute atomic E-state index is 13.0. The zero-order valence-corrected chi connectivity index (χ0v) is 17.6. The molecule has 4 aromatic rings. The first-order valence-electron chi connectivity index (χ1n) is 9.93. The van der Waals surface area contributed by atoms with Gasteiger partial charge in [-0.2, -0.15) is 0 Å². The van der Waals surface area contributed by atoms with Gasteiger partial charge in [0.25, 0.3) is 0 Å². The van der Waals surface area contributed by atoms with Crippen LogP contribution in [-0.4, -0.2) is 10.5 Å². The van der Waals surface area contributed by atoms with E-state index in [0.29, 0.717) is 0 Å². The quantitative estimate of drug-likeness (QED) is 0.342. The number of ether oxygens (including phenoxy) is 1. The molecule has 4 heteroatoms. The molecule has 2 aromatic heterocycles. The lowest BCUT2D eigenvalue weighted by molar-refractivity contribution is -0.150. The molecule has 2 aromatic carbocycles. The third-order valence-corrected chi connectivity index (χ3v) is 6.26. The van der Waals surface area contributed by atoms with Crippen molar-refractivity contribution < 1.29 is 9.53 Å². The number of benzene rings is 2. The van der Waals surface area contributed by atoms with Gasteiger partial charge < -0.3 is 9.30 Å². The first-order valence-corrected chi connectivity index (χ1v) is 10.8. The van der Waals surface area contributed by atoms with Gasteiger partial charge in [0.1, 0.15) is 0 Å². The van der Waals surface area contributed by atoms with Crippen molar-refractivity contribution in [3.8, 4) is 0 Å². The standard InChI is InChI=1S/C25H25NO2S/c1-18(2)23(24-22-11-7-6-10-21(22)16-29-24)25(27)28-17-26-13-12-20(15-26)14-19-8-4-3-5-9-19/h3-13,15-16,18,23H,14,17H2,1-2H3. The normalized spacial score (nSPS) is 12.4. The molecule has 0 aliphatic rings. The number of rotatable bonds is 7. The lowest BCUT2D eigenvalue weighted by Crippen LogP contribution is -2.21. The van der Waals surface area contributed by atoms with Crippen LogP contribution in [0.3, 0.4) is 0 Å². The van der Waals surface area contributed by atoms with Crippen LogP contribution in [0.2, 0.25) is 0 Å². The fourth-order valence-electron chi connectivity index (χ4n) is 3.67. The minimum absolute atomic E-state index is 0.161. The molecule has 3 nitrogen and oxygen atoms in total. The molecule has 0 saturated heterocycles. The Morgan fingerprint density at radius 3 is 2.55 bits per heavy atom. The Labute approximate surface area is 175 Å². The number of hydrogen-bond acceptors (Lipinski definition) is 3. The molecule has 1 atom stereocenters. The van der Waals surface area contributed by atoms with E-state index in [2.05, 4.69) is 61.7 Å². The van der Waals surface area contributed by atoms with Gasteiger partial charge >= 0.3 is 5.97 Å². The topological polar surface area (TPSA) is 31.2 Å². The average Bonchev–Trinajstić information content (AvgIpc) is 3.34. The average molecular weight is 404 g/mol. The van der Waals surface area contributed by atoms with Gasteiger partial charge in [0.2, 0.25) is 0 Å². The van der Waals surface area contributed by atoms with Crippen LogP contribution < -0.4 is 0 Å². The molecular formula is C25H25NO2S. The Hall–Kier alpha value is -2.85. The largest absolute Gasteiger partial charge is 0.443 e. The van der Waals surface area contributed by atoms with E-state index in [1.54, 1.807) is 11.3 Å². The van der Waals surface area contributed by atoms with E-state index in [0.717, 1.165) is 16.7 Å². The van der Waals surface area contributed by atoms with E-state index >= 15 is 0 Å². The highest BCUT2D eigenvalue weighted by atomic mass is 32.1. The monoisotopic (exact) mass is 403 g/mol. The van der Waals surface area contributed by atoms with Gasteiger partial charge in [-0.1, -0.05) is 68.4 Å². The molecule has 0 spiro atoms. The maximum atomic E-state index is 13.0. The van der Waals surface area contributed by atoms with Crippen LogP contribution in [0.5, 0.6) is 0 Å². The minimum Gasteiger partial charge on any atom is -0.443 e. The summed E-state index contributed by atoms with van der Waals surface area (Å²) in [6.45, 7) is 4.39. The Morgan fingerprint density at radius 2 is 1.76 bits per heavy atom. The fourth-order valence-corrected chi connectivity index (χ4v) is 4.96. The second kappa shape index (κ2) is 8.66. The summed E-state index contributed by atoms with van der Waals surface area (Å²) in [5.74, 6) is -0.243. The molecular weight excluding hydrogens is 378 g/mol. The van der Waals surface area contributed by atoms with Gasteiger partial charge in [-0.05, 0) is 45.7 Å². The second-order valence-electron chi connectivity index (χ2n) is 7.70. The van der Waals surface area contributed by atoms with E-state index in [1.807, 2.05) is 35.2 Å². The molecule has 0 bridgehead atoms. The van der Waals surface area contributed by atoms with E-state index < -0.39 is 0 Å². The van der Waals surface area contributed by atoms with Crippen LogP contribution in [0.15, 0.2) is 78.4 Å². The maximum Gasteiger partial charge on any atom is 0.316 e. The summed E-state index contributed by atoms with van der Waals surface area (Å²) in [5.41, 5.74) is 2.48. The number of esters is 1. The lowest BCUT2D eigenvalue weighted by Gasteiger charge is -2.19. The van der Waals surface area contributed by atoms with Crippen LogP contribution >= 0.6 is 11.3 Å². The summed E-state index contributed by atoms with van der Waals surface area (Å²) in [5, 5.41) is 4.45. The number of nitrogens with zero attached hydrogens (tertiary/aromatic N) is 1. The summed E-state index contributed by atoms with van der Waals surface area (Å²) in [4.78, 5) is 14.1. The molecule has 1 unspecified atom stereocenters. The highest BCUT2D eigenvalue weighted by Gasteiger charge is 2.28. The van der Waals surface area contributed by atoms with Gasteiger partial charge in [-0.3, -0.25) is 4.79 Å². The molecule has 0 aliphatic heterocycles. The summed E-state index contributed by atoms with van der Waals surface area (Å²) < 4.78 is 7.65. The molecule has 4 rings (SSSR count). The first kappa shape index (κ1) is 19.5. The highest BCUT2D eigenvalue weighted by Crippen LogP contribution is 2.36. The molecule has 2 heterocycles. The minimum atomic E-state index is -0.251. The fraction of sp³-hybridized carbons (Fsp3) is 0.240. The van der Waals surface area contributed by atoms with Gasteiger partial charge in [-0.25, -0.2) is 0 Å². The van der Waals surface area contributed by atoms with Crippen molar-refractivity contribution in [1.29, 1.82) is 0 Å². The van der Waals surface area contributed by atoms with Crippen molar-refractivity contribution in [2.24, 2.45) is 5.92 Å². The molecule has 29 heavy (non-hydrogen) atoms. The Morgan fingerprint density at radius 1 is 1.00 bits per heavy atom. The van der Waals surface area contributed by atoms with Crippen LogP contribution in [0, 0.1) is 5.92 Å². The smallest absolute Gasteiger partial charge is 0.316 e. The van der Waals surface area contributed by atoms with Crippen molar-refractivity contribution in [3.63, 3.8) is 0 Å². The number of hydrogen-bond donors (Lipinski definition) is 0. The van der Waals surface area contributed by atoms with Crippen LogP contribution in [0.25, 0.3) is 10.8 Å². The van der Waals surface area contributed by atoms with Gasteiger partial charge in [-0.15, -0.1) is 11.3 Å². The molecule has 0 amide bonds. The first-order chi connectivity index (χ1) is 14.1. The zero-order valence-electron chi connectivity index (χ0n) is 16.7. The van der Waals surface area contributed by atoms with Crippen molar-refractivity contribution >= 4 is 28.1 Å². The molecule has 0 saturated carbocycles. The number of fused-ring (bicyclic) bond motifs is 1. The summed E-state index contributed by atoms with van der Waals surface area (Å²) in [6, 6.07) is 20.7. The van der Waals surface area contributed by atoms with Crippen LogP contribution in [0.1, 0.15) is 35.8 Å². The highest BCUT2D eigenvalue weighted by molar-refractivity contribution is 7.11. The number of aromatic nitrogens is 1. The summed E-state index contributed by atoms with van der Waals surface area (Å²) >= 11 is 1.65. The molecule has 0 radical (unpaired) electrons. The molecule has 0 aliphatic carbocycles. The van der Waals surface area contributed by atoms with Gasteiger partial charge in [0.05, 0.1) is 5.92 Å². The van der Waals surface area contributed by atoms with E-state index in [1.165, 1.54) is 16.5 Å².